The predicted octanol–water partition coefficient (Wildman–Crippen LogP) is 3.84. The molecule has 2 aromatic carbocycles. The molecule has 6 nitrogen and oxygen atoms in total. The van der Waals surface area contributed by atoms with Gasteiger partial charge in [-0.15, -0.1) is 0 Å². The second kappa shape index (κ2) is 8.99. The van der Waals surface area contributed by atoms with E-state index in [2.05, 4.69) is 0 Å². The third kappa shape index (κ3) is 4.53. The number of rotatable bonds is 6. The number of hydrogen-bond donors (Lipinski definition) is 0. The number of esters is 1. The van der Waals surface area contributed by atoms with Crippen LogP contribution in [0.2, 0.25) is 0 Å². The van der Waals surface area contributed by atoms with Crippen molar-refractivity contribution in [2.45, 2.75) is 32.7 Å². The highest BCUT2D eigenvalue weighted by Gasteiger charge is 2.32. The number of benzene rings is 2. The first-order valence-corrected chi connectivity index (χ1v) is 9.70. The third-order valence-corrected chi connectivity index (χ3v) is 5.31. The van der Waals surface area contributed by atoms with Crippen molar-refractivity contribution >= 4 is 11.9 Å². The topological polar surface area (TPSA) is 65.1 Å². The Balaban J connectivity index is 1.72. The lowest BCUT2D eigenvalue weighted by Crippen LogP contribution is -2.34. The van der Waals surface area contributed by atoms with E-state index in [4.69, 9.17) is 14.2 Å². The molecule has 2 aromatic rings. The molecule has 154 valence electrons. The molecular formula is C23H27NO5. The zero-order chi connectivity index (χ0) is 21.0. The molecule has 0 N–H and O–H groups in total. The van der Waals surface area contributed by atoms with E-state index in [-0.39, 0.29) is 18.6 Å². The van der Waals surface area contributed by atoms with E-state index in [0.29, 0.717) is 23.6 Å². The Labute approximate surface area is 171 Å². The summed E-state index contributed by atoms with van der Waals surface area (Å²) in [4.78, 5) is 27.0. The fourth-order valence-corrected chi connectivity index (χ4v) is 3.73. The van der Waals surface area contributed by atoms with Crippen molar-refractivity contribution in [3.05, 3.63) is 58.7 Å². The van der Waals surface area contributed by atoms with Crippen molar-refractivity contribution in [2.24, 2.45) is 0 Å². The van der Waals surface area contributed by atoms with Gasteiger partial charge in [0.05, 0.1) is 25.8 Å². The maximum Gasteiger partial charge on any atom is 0.338 e. The molecule has 6 heteroatoms. The quantitative estimate of drug-likeness (QED) is 0.693. The molecular weight excluding hydrogens is 370 g/mol. The van der Waals surface area contributed by atoms with Crippen LogP contribution in [0.3, 0.4) is 0 Å². The van der Waals surface area contributed by atoms with E-state index < -0.39 is 5.97 Å². The summed E-state index contributed by atoms with van der Waals surface area (Å²) in [6, 6.07) is 11.0. The highest BCUT2D eigenvalue weighted by atomic mass is 16.5. The molecule has 0 bridgehead atoms. The second-order valence-electron chi connectivity index (χ2n) is 7.25. The van der Waals surface area contributed by atoms with Gasteiger partial charge in [0.1, 0.15) is 11.5 Å². The van der Waals surface area contributed by atoms with E-state index in [1.807, 2.05) is 44.2 Å². The van der Waals surface area contributed by atoms with Gasteiger partial charge in [0.2, 0.25) is 0 Å². The fraction of sp³-hybridized carbons (Fsp3) is 0.391. The van der Waals surface area contributed by atoms with Crippen molar-refractivity contribution in [2.75, 3.05) is 27.4 Å². The monoisotopic (exact) mass is 397 g/mol. The number of nitrogens with zero attached hydrogens (tertiary/aromatic N) is 1. The van der Waals surface area contributed by atoms with Crippen molar-refractivity contribution in [3.63, 3.8) is 0 Å². The lowest BCUT2D eigenvalue weighted by atomic mass is 10.0. The Kier molecular flexibility index (Phi) is 6.42. The van der Waals surface area contributed by atoms with Crippen molar-refractivity contribution in [1.29, 1.82) is 0 Å². The predicted molar refractivity (Wildman–Crippen MR) is 109 cm³/mol. The van der Waals surface area contributed by atoms with E-state index in [1.54, 1.807) is 25.2 Å². The highest BCUT2D eigenvalue weighted by Crippen LogP contribution is 2.38. The summed E-state index contributed by atoms with van der Waals surface area (Å²) in [6.45, 7) is 4.10. The minimum absolute atomic E-state index is 0.132. The molecule has 29 heavy (non-hydrogen) atoms. The van der Waals surface area contributed by atoms with Gasteiger partial charge in [-0.2, -0.15) is 0 Å². The lowest BCUT2D eigenvalue weighted by molar-refractivity contribution is -0.135. The largest absolute Gasteiger partial charge is 0.497 e. The van der Waals surface area contributed by atoms with Crippen LogP contribution in [0.15, 0.2) is 36.4 Å². The van der Waals surface area contributed by atoms with Gasteiger partial charge in [-0.05, 0) is 56.5 Å². The maximum absolute atomic E-state index is 12.8. The zero-order valence-corrected chi connectivity index (χ0v) is 17.4. The number of methoxy groups -OCH3 is 2. The number of carbonyl (C=O) groups excluding carboxylic acids is 2. The first-order chi connectivity index (χ1) is 13.9. The highest BCUT2D eigenvalue weighted by molar-refractivity contribution is 5.93. The first-order valence-electron chi connectivity index (χ1n) is 9.70. The lowest BCUT2D eigenvalue weighted by Gasteiger charge is -2.26. The van der Waals surface area contributed by atoms with Crippen LogP contribution < -0.4 is 9.47 Å². The third-order valence-electron chi connectivity index (χ3n) is 5.31. The SMILES string of the molecule is COc1ccc(OC)c([C@H]2CCCN2C(=O)COC(=O)c2cc(C)ccc2C)c1. The summed E-state index contributed by atoms with van der Waals surface area (Å²) in [5, 5.41) is 0. The van der Waals surface area contributed by atoms with Crippen molar-refractivity contribution in [1.82, 2.24) is 4.90 Å². The standard InChI is InChI=1S/C23H27NO5/c1-15-7-8-16(2)18(12-15)23(26)29-14-22(25)24-11-5-6-20(24)19-13-17(27-3)9-10-21(19)28-4/h7-10,12-13,20H,5-6,11,14H2,1-4H3/t20-/m1/s1. The Morgan fingerprint density at radius 2 is 1.86 bits per heavy atom. The van der Waals surface area contributed by atoms with Crippen molar-refractivity contribution in [3.8, 4) is 11.5 Å². The number of hydrogen-bond acceptors (Lipinski definition) is 5. The second-order valence-corrected chi connectivity index (χ2v) is 7.25. The Morgan fingerprint density at radius 3 is 2.59 bits per heavy atom. The summed E-state index contributed by atoms with van der Waals surface area (Å²) in [5.74, 6) is 0.731. The molecule has 0 unspecified atom stereocenters. The number of amides is 1. The van der Waals surface area contributed by atoms with Gasteiger partial charge in [0.25, 0.3) is 5.91 Å². The maximum atomic E-state index is 12.8. The average molecular weight is 397 g/mol. The van der Waals surface area contributed by atoms with Crippen LogP contribution in [0.25, 0.3) is 0 Å². The molecule has 1 amide bonds. The summed E-state index contributed by atoms with van der Waals surface area (Å²) < 4.78 is 16.2. The Bertz CT molecular complexity index is 908. The summed E-state index contributed by atoms with van der Waals surface area (Å²) >= 11 is 0. The van der Waals surface area contributed by atoms with Crippen LogP contribution in [-0.4, -0.2) is 44.1 Å². The van der Waals surface area contributed by atoms with Crippen LogP contribution in [-0.2, 0) is 9.53 Å². The zero-order valence-electron chi connectivity index (χ0n) is 17.4. The minimum Gasteiger partial charge on any atom is -0.497 e. The van der Waals surface area contributed by atoms with Crippen molar-refractivity contribution < 1.29 is 23.8 Å². The molecule has 1 fully saturated rings. The van der Waals surface area contributed by atoms with Gasteiger partial charge >= 0.3 is 5.97 Å². The molecule has 3 rings (SSSR count). The van der Waals surface area contributed by atoms with Gasteiger partial charge in [0.15, 0.2) is 6.61 Å². The van der Waals surface area contributed by atoms with Gasteiger partial charge < -0.3 is 19.1 Å². The number of carbonyl (C=O) groups is 2. The van der Waals surface area contributed by atoms with Gasteiger partial charge in [-0.1, -0.05) is 17.7 Å². The molecule has 1 heterocycles. The first kappa shape index (κ1) is 20.7. The summed E-state index contributed by atoms with van der Waals surface area (Å²) in [5.41, 5.74) is 3.19. The summed E-state index contributed by atoms with van der Waals surface area (Å²) in [6.07, 6.45) is 1.70. The van der Waals surface area contributed by atoms with E-state index in [9.17, 15) is 9.59 Å². The number of ether oxygens (including phenoxy) is 3. The molecule has 1 aliphatic heterocycles. The molecule has 0 spiro atoms. The van der Waals surface area contributed by atoms with Crippen LogP contribution in [0.1, 0.15) is 45.9 Å². The molecule has 0 aromatic heterocycles. The molecule has 0 aliphatic carbocycles. The van der Waals surface area contributed by atoms with Crippen LogP contribution in [0, 0.1) is 13.8 Å². The molecule has 1 aliphatic rings. The Hall–Kier alpha value is -3.02. The number of likely N-dealkylation sites (tertiary alicyclic amines) is 1. The molecule has 1 saturated heterocycles. The Morgan fingerprint density at radius 1 is 1.07 bits per heavy atom. The van der Waals surface area contributed by atoms with Crippen LogP contribution >= 0.6 is 0 Å². The summed E-state index contributed by atoms with van der Waals surface area (Å²) in [7, 11) is 3.22. The fourth-order valence-electron chi connectivity index (χ4n) is 3.73. The molecule has 1 atom stereocenters. The van der Waals surface area contributed by atoms with E-state index in [1.165, 1.54) is 0 Å². The molecule has 0 saturated carbocycles. The van der Waals surface area contributed by atoms with Gasteiger partial charge in [-0.25, -0.2) is 4.79 Å². The number of aryl methyl sites for hydroxylation is 2. The minimum atomic E-state index is -0.478. The van der Waals surface area contributed by atoms with Gasteiger partial charge in [-0.3, -0.25) is 4.79 Å². The van der Waals surface area contributed by atoms with E-state index in [0.717, 1.165) is 29.5 Å². The smallest absolute Gasteiger partial charge is 0.338 e. The van der Waals surface area contributed by atoms with Crippen LogP contribution in [0.4, 0.5) is 0 Å². The van der Waals surface area contributed by atoms with Gasteiger partial charge in [0, 0.05) is 12.1 Å². The molecule has 0 radical (unpaired) electrons. The average Bonchev–Trinajstić information content (AvgIpc) is 3.22. The normalized spacial score (nSPS) is 15.9. The van der Waals surface area contributed by atoms with E-state index >= 15 is 0 Å². The van der Waals surface area contributed by atoms with Crippen LogP contribution in [0.5, 0.6) is 11.5 Å².